The molecule has 120 valence electrons. The number of methoxy groups -OCH3 is 1. The summed E-state index contributed by atoms with van der Waals surface area (Å²) in [5.74, 6) is 2.27. The molecule has 0 spiro atoms. The molecule has 2 aromatic heterocycles. The third-order valence-electron chi connectivity index (χ3n) is 3.42. The number of nitrogens with one attached hydrogen (secondary N) is 2. The van der Waals surface area contributed by atoms with E-state index < -0.39 is 0 Å². The minimum absolute atomic E-state index is 0.580. The van der Waals surface area contributed by atoms with Crippen molar-refractivity contribution in [3.63, 3.8) is 0 Å². The number of hydrogen-bond donors (Lipinski definition) is 2. The summed E-state index contributed by atoms with van der Waals surface area (Å²) in [4.78, 5) is 9.13. The molecule has 3 aromatic rings. The third-order valence-corrected chi connectivity index (χ3v) is 3.42. The topological polar surface area (TPSA) is 72.2 Å². The molecule has 0 aliphatic rings. The Morgan fingerprint density at radius 2 is 2.00 bits per heavy atom. The number of para-hydroxylation sites is 1. The van der Waals surface area contributed by atoms with Gasteiger partial charge in [0.05, 0.1) is 18.3 Å². The van der Waals surface area contributed by atoms with E-state index in [-0.39, 0.29) is 0 Å². The van der Waals surface area contributed by atoms with E-state index in [1.807, 2.05) is 36.4 Å². The van der Waals surface area contributed by atoms with Crippen LogP contribution in [0.3, 0.4) is 0 Å². The van der Waals surface area contributed by atoms with Crippen molar-refractivity contribution in [2.75, 3.05) is 30.9 Å². The fourth-order valence-electron chi connectivity index (χ4n) is 2.29. The SMILES string of the molecule is COCCCNc1nc(NCc2ccco2)c2ccccc2n1. The predicted molar refractivity (Wildman–Crippen MR) is 90.6 cm³/mol. The van der Waals surface area contributed by atoms with E-state index in [0.29, 0.717) is 19.1 Å². The summed E-state index contributed by atoms with van der Waals surface area (Å²) in [5, 5.41) is 7.55. The van der Waals surface area contributed by atoms with E-state index in [9.17, 15) is 0 Å². The molecular weight excluding hydrogens is 292 g/mol. The molecule has 0 saturated heterocycles. The molecule has 2 N–H and O–H groups in total. The average molecular weight is 312 g/mol. The number of furan rings is 1. The number of nitrogens with zero attached hydrogens (tertiary/aromatic N) is 2. The number of fused-ring (bicyclic) bond motifs is 1. The van der Waals surface area contributed by atoms with Crippen LogP contribution in [0.5, 0.6) is 0 Å². The number of anilines is 2. The van der Waals surface area contributed by atoms with Crippen LogP contribution in [-0.2, 0) is 11.3 Å². The molecule has 6 heteroatoms. The van der Waals surface area contributed by atoms with Crippen molar-refractivity contribution in [2.24, 2.45) is 0 Å². The van der Waals surface area contributed by atoms with E-state index in [2.05, 4.69) is 20.6 Å². The maximum atomic E-state index is 5.35. The second-order valence-corrected chi connectivity index (χ2v) is 5.12. The number of aromatic nitrogens is 2. The zero-order chi connectivity index (χ0) is 15.9. The maximum Gasteiger partial charge on any atom is 0.225 e. The van der Waals surface area contributed by atoms with Crippen molar-refractivity contribution in [1.82, 2.24) is 9.97 Å². The van der Waals surface area contributed by atoms with Crippen LogP contribution >= 0.6 is 0 Å². The van der Waals surface area contributed by atoms with Crippen LogP contribution in [0.1, 0.15) is 12.2 Å². The summed E-state index contributed by atoms with van der Waals surface area (Å²) in [7, 11) is 1.70. The van der Waals surface area contributed by atoms with Gasteiger partial charge in [0, 0.05) is 25.6 Å². The predicted octanol–water partition coefficient (Wildman–Crippen LogP) is 3.28. The van der Waals surface area contributed by atoms with Gasteiger partial charge in [0.25, 0.3) is 0 Å². The fourth-order valence-corrected chi connectivity index (χ4v) is 2.29. The van der Waals surface area contributed by atoms with Crippen molar-refractivity contribution in [3.05, 3.63) is 48.4 Å². The summed E-state index contributed by atoms with van der Waals surface area (Å²) >= 11 is 0. The largest absolute Gasteiger partial charge is 0.467 e. The zero-order valence-corrected chi connectivity index (χ0v) is 13.1. The number of benzene rings is 1. The Kier molecular flexibility index (Phi) is 5.06. The molecule has 0 aliphatic heterocycles. The Hall–Kier alpha value is -2.60. The first-order valence-corrected chi connectivity index (χ1v) is 7.62. The second-order valence-electron chi connectivity index (χ2n) is 5.12. The van der Waals surface area contributed by atoms with Crippen LogP contribution in [0.15, 0.2) is 47.1 Å². The van der Waals surface area contributed by atoms with Crippen molar-refractivity contribution in [1.29, 1.82) is 0 Å². The van der Waals surface area contributed by atoms with Crippen LogP contribution in [0.4, 0.5) is 11.8 Å². The van der Waals surface area contributed by atoms with Crippen molar-refractivity contribution in [2.45, 2.75) is 13.0 Å². The van der Waals surface area contributed by atoms with Gasteiger partial charge in [-0.1, -0.05) is 12.1 Å². The lowest BCUT2D eigenvalue weighted by Crippen LogP contribution is -2.10. The van der Waals surface area contributed by atoms with Crippen LogP contribution in [0.25, 0.3) is 10.9 Å². The van der Waals surface area contributed by atoms with Crippen LogP contribution in [-0.4, -0.2) is 30.2 Å². The highest BCUT2D eigenvalue weighted by Crippen LogP contribution is 2.22. The van der Waals surface area contributed by atoms with Gasteiger partial charge in [0.2, 0.25) is 5.95 Å². The van der Waals surface area contributed by atoms with E-state index >= 15 is 0 Å². The second kappa shape index (κ2) is 7.60. The van der Waals surface area contributed by atoms with E-state index in [1.54, 1.807) is 13.4 Å². The number of rotatable bonds is 8. The molecule has 6 nitrogen and oxygen atoms in total. The molecule has 0 unspecified atom stereocenters. The van der Waals surface area contributed by atoms with E-state index in [0.717, 1.165) is 35.4 Å². The zero-order valence-electron chi connectivity index (χ0n) is 13.1. The van der Waals surface area contributed by atoms with Gasteiger partial charge in [0.15, 0.2) is 0 Å². The first-order valence-electron chi connectivity index (χ1n) is 7.62. The monoisotopic (exact) mass is 312 g/mol. The highest BCUT2D eigenvalue weighted by molar-refractivity contribution is 5.89. The van der Waals surface area contributed by atoms with Gasteiger partial charge < -0.3 is 19.8 Å². The van der Waals surface area contributed by atoms with Gasteiger partial charge in [0.1, 0.15) is 11.6 Å². The maximum absolute atomic E-state index is 5.35. The van der Waals surface area contributed by atoms with Crippen LogP contribution < -0.4 is 10.6 Å². The molecule has 23 heavy (non-hydrogen) atoms. The molecule has 2 heterocycles. The fraction of sp³-hybridized carbons (Fsp3) is 0.294. The Bertz CT molecular complexity index is 743. The minimum atomic E-state index is 0.580. The van der Waals surface area contributed by atoms with E-state index in [1.165, 1.54) is 0 Å². The lowest BCUT2D eigenvalue weighted by molar-refractivity contribution is 0.197. The van der Waals surface area contributed by atoms with Gasteiger partial charge in [-0.25, -0.2) is 4.98 Å². The van der Waals surface area contributed by atoms with Crippen LogP contribution in [0.2, 0.25) is 0 Å². The molecule has 0 atom stereocenters. The summed E-state index contributed by atoms with van der Waals surface area (Å²) in [5.41, 5.74) is 0.902. The van der Waals surface area contributed by atoms with Gasteiger partial charge in [-0.2, -0.15) is 4.98 Å². The lowest BCUT2D eigenvalue weighted by Gasteiger charge is -2.11. The normalized spacial score (nSPS) is 10.8. The third kappa shape index (κ3) is 3.98. The first kappa shape index (κ1) is 15.3. The summed E-state index contributed by atoms with van der Waals surface area (Å²) < 4.78 is 10.4. The Morgan fingerprint density at radius 1 is 1.09 bits per heavy atom. The molecule has 0 aliphatic carbocycles. The number of ether oxygens (including phenoxy) is 1. The Morgan fingerprint density at radius 3 is 2.83 bits per heavy atom. The molecule has 0 bridgehead atoms. The lowest BCUT2D eigenvalue weighted by atomic mass is 10.2. The smallest absolute Gasteiger partial charge is 0.225 e. The molecule has 0 radical (unpaired) electrons. The van der Waals surface area contributed by atoms with Crippen molar-refractivity contribution < 1.29 is 9.15 Å². The van der Waals surface area contributed by atoms with E-state index in [4.69, 9.17) is 9.15 Å². The summed E-state index contributed by atoms with van der Waals surface area (Å²) in [6.07, 6.45) is 2.57. The number of hydrogen-bond acceptors (Lipinski definition) is 6. The molecule has 0 amide bonds. The van der Waals surface area contributed by atoms with Crippen molar-refractivity contribution in [3.8, 4) is 0 Å². The average Bonchev–Trinajstić information content (AvgIpc) is 3.10. The van der Waals surface area contributed by atoms with Gasteiger partial charge >= 0.3 is 0 Å². The van der Waals surface area contributed by atoms with Gasteiger partial charge in [-0.05, 0) is 30.7 Å². The molecular formula is C17H20N4O2. The standard InChI is InChI=1S/C17H20N4O2/c1-22-10-5-9-18-17-20-15-8-3-2-7-14(15)16(21-17)19-12-13-6-4-11-23-13/h2-4,6-8,11H,5,9-10,12H2,1H3,(H2,18,19,20,21). The van der Waals surface area contributed by atoms with Crippen LogP contribution in [0, 0.1) is 0 Å². The Balaban J connectivity index is 1.78. The quantitative estimate of drug-likeness (QED) is 0.622. The summed E-state index contributed by atoms with van der Waals surface area (Å²) in [6.45, 7) is 2.06. The molecule has 0 saturated carbocycles. The molecule has 1 aromatic carbocycles. The molecule has 3 rings (SSSR count). The highest BCUT2D eigenvalue weighted by Gasteiger charge is 2.07. The summed E-state index contributed by atoms with van der Waals surface area (Å²) in [6, 6.07) is 11.7. The first-order chi connectivity index (χ1) is 11.4. The van der Waals surface area contributed by atoms with Gasteiger partial charge in [-0.3, -0.25) is 0 Å². The highest BCUT2D eigenvalue weighted by atomic mass is 16.5. The Labute approximate surface area is 134 Å². The van der Waals surface area contributed by atoms with Crippen molar-refractivity contribution >= 4 is 22.7 Å². The molecule has 0 fully saturated rings. The minimum Gasteiger partial charge on any atom is -0.467 e. The van der Waals surface area contributed by atoms with Gasteiger partial charge in [-0.15, -0.1) is 0 Å².